The minimum absolute atomic E-state index is 0.0686. The van der Waals surface area contributed by atoms with E-state index in [4.69, 9.17) is 0 Å². The quantitative estimate of drug-likeness (QED) is 0.570. The van der Waals surface area contributed by atoms with Crippen molar-refractivity contribution in [2.24, 2.45) is 0 Å². The van der Waals surface area contributed by atoms with E-state index in [1.165, 1.54) is 6.20 Å². The van der Waals surface area contributed by atoms with Crippen molar-refractivity contribution in [3.8, 4) is 0 Å². The monoisotopic (exact) mass is 465 g/mol. The number of fused-ring (bicyclic) bond motifs is 1. The summed E-state index contributed by atoms with van der Waals surface area (Å²) >= 11 is 0. The predicted octanol–water partition coefficient (Wildman–Crippen LogP) is 1.36. The highest BCUT2D eigenvalue weighted by Gasteiger charge is 2.44. The summed E-state index contributed by atoms with van der Waals surface area (Å²) < 4.78 is 14.6. The maximum Gasteiger partial charge on any atom is 0.262 e. The number of nitrogens with one attached hydrogen (secondary N) is 3. The molecule has 0 aliphatic carbocycles. The highest BCUT2D eigenvalue weighted by atomic mass is 19.1. The maximum atomic E-state index is 14.6. The van der Waals surface area contributed by atoms with Crippen LogP contribution >= 0.6 is 0 Å². The van der Waals surface area contributed by atoms with Crippen LogP contribution in [0.15, 0.2) is 36.7 Å². The Balaban J connectivity index is 1.38. The van der Waals surface area contributed by atoms with Crippen LogP contribution in [0.1, 0.15) is 52.0 Å². The molecule has 0 spiro atoms. The summed E-state index contributed by atoms with van der Waals surface area (Å²) in [5.41, 5.74) is 1.20. The number of benzene rings is 1. The van der Waals surface area contributed by atoms with Gasteiger partial charge in [0.25, 0.3) is 11.8 Å². The van der Waals surface area contributed by atoms with Gasteiger partial charge in [0.2, 0.25) is 11.8 Å². The van der Waals surface area contributed by atoms with Crippen LogP contribution in [0, 0.1) is 5.82 Å². The number of pyridine rings is 1. The molecule has 4 heterocycles. The number of carbonyl (C=O) groups excluding carboxylic acids is 4. The first-order valence-corrected chi connectivity index (χ1v) is 11.3. The van der Waals surface area contributed by atoms with Crippen LogP contribution in [-0.4, -0.2) is 59.2 Å². The van der Waals surface area contributed by atoms with E-state index in [0.29, 0.717) is 17.8 Å². The SMILES string of the molecule is O=C1CCC(N2C(=O)c3ccc(NCC4(c5ccncc5F)CCNCC4)cc3C2=O)C(=O)N1. The number of aromatic nitrogens is 1. The van der Waals surface area contributed by atoms with Gasteiger partial charge < -0.3 is 10.6 Å². The molecule has 0 bridgehead atoms. The highest BCUT2D eigenvalue weighted by molar-refractivity contribution is 6.23. The Hall–Kier alpha value is -3.66. The number of nitrogens with zero attached hydrogens (tertiary/aromatic N) is 2. The number of rotatable bonds is 5. The Kier molecular flexibility index (Phi) is 5.60. The first-order valence-electron chi connectivity index (χ1n) is 11.3. The van der Waals surface area contributed by atoms with Crippen LogP contribution in [0.4, 0.5) is 10.1 Å². The van der Waals surface area contributed by atoms with Crippen molar-refractivity contribution in [3.63, 3.8) is 0 Å². The third kappa shape index (κ3) is 3.73. The van der Waals surface area contributed by atoms with E-state index < -0.39 is 35.1 Å². The van der Waals surface area contributed by atoms with Gasteiger partial charge in [0, 0.05) is 30.3 Å². The molecule has 176 valence electrons. The number of hydrogen-bond acceptors (Lipinski definition) is 7. The molecule has 1 aromatic carbocycles. The first kappa shape index (κ1) is 22.1. The first-order chi connectivity index (χ1) is 16.4. The number of piperidine rings is 2. The van der Waals surface area contributed by atoms with Gasteiger partial charge in [0.15, 0.2) is 0 Å². The molecular weight excluding hydrogens is 441 g/mol. The maximum absolute atomic E-state index is 14.6. The molecule has 2 saturated heterocycles. The van der Waals surface area contributed by atoms with Crippen molar-refractivity contribution in [1.82, 2.24) is 20.5 Å². The second-order valence-electron chi connectivity index (χ2n) is 8.95. The lowest BCUT2D eigenvalue weighted by molar-refractivity contribution is -0.136. The lowest BCUT2D eigenvalue weighted by Gasteiger charge is -2.38. The van der Waals surface area contributed by atoms with E-state index in [2.05, 4.69) is 20.9 Å². The number of imide groups is 2. The Morgan fingerprint density at radius 3 is 2.59 bits per heavy atom. The molecule has 2 fully saturated rings. The Labute approximate surface area is 195 Å². The molecule has 10 heteroatoms. The Morgan fingerprint density at radius 1 is 1.09 bits per heavy atom. The molecule has 3 aliphatic rings. The van der Waals surface area contributed by atoms with Gasteiger partial charge in [-0.15, -0.1) is 0 Å². The summed E-state index contributed by atoms with van der Waals surface area (Å²) in [6.45, 7) is 1.94. The molecule has 4 amide bonds. The summed E-state index contributed by atoms with van der Waals surface area (Å²) in [4.78, 5) is 54.5. The predicted molar refractivity (Wildman–Crippen MR) is 120 cm³/mol. The third-order valence-electron chi connectivity index (χ3n) is 6.98. The van der Waals surface area contributed by atoms with Crippen LogP contribution in [0.25, 0.3) is 0 Å². The fourth-order valence-electron chi connectivity index (χ4n) is 5.10. The highest BCUT2D eigenvalue weighted by Crippen LogP contribution is 2.36. The zero-order chi connectivity index (χ0) is 23.9. The van der Waals surface area contributed by atoms with Gasteiger partial charge in [-0.1, -0.05) is 0 Å². The molecule has 1 atom stereocenters. The van der Waals surface area contributed by atoms with Crippen molar-refractivity contribution in [1.29, 1.82) is 0 Å². The van der Waals surface area contributed by atoms with Crippen molar-refractivity contribution >= 4 is 29.3 Å². The topological polar surface area (TPSA) is 120 Å². The van der Waals surface area contributed by atoms with Gasteiger partial charge in [0.05, 0.1) is 17.3 Å². The summed E-state index contributed by atoms with van der Waals surface area (Å²) in [5, 5.41) is 8.83. The van der Waals surface area contributed by atoms with Crippen molar-refractivity contribution < 1.29 is 23.6 Å². The second-order valence-corrected chi connectivity index (χ2v) is 8.95. The standard InChI is InChI=1S/C24H24FN5O4/c25-18-12-27-8-5-17(18)24(6-9-26-10-7-24)13-28-14-1-2-15-16(11-14)23(34)30(22(15)33)19-3-4-20(31)29-21(19)32/h1-2,5,8,11-12,19,26,28H,3-4,6-7,9-10,13H2,(H,29,31,32). The zero-order valence-corrected chi connectivity index (χ0v) is 18.4. The van der Waals surface area contributed by atoms with E-state index in [0.717, 1.165) is 30.8 Å². The van der Waals surface area contributed by atoms with Gasteiger partial charge in [-0.2, -0.15) is 0 Å². The van der Waals surface area contributed by atoms with Gasteiger partial charge >= 0.3 is 0 Å². The fraction of sp³-hybridized carbons (Fsp3) is 0.375. The summed E-state index contributed by atoms with van der Waals surface area (Å²) in [6, 6.07) is 5.57. The van der Waals surface area contributed by atoms with E-state index in [9.17, 15) is 23.6 Å². The van der Waals surface area contributed by atoms with E-state index in [1.54, 1.807) is 30.5 Å². The number of carbonyl (C=O) groups is 4. The van der Waals surface area contributed by atoms with Crippen LogP contribution in [-0.2, 0) is 15.0 Å². The number of hydrogen-bond donors (Lipinski definition) is 3. The van der Waals surface area contributed by atoms with Crippen LogP contribution in [0.2, 0.25) is 0 Å². The van der Waals surface area contributed by atoms with E-state index >= 15 is 0 Å². The summed E-state index contributed by atoms with van der Waals surface area (Å²) in [6.07, 6.45) is 4.45. The summed E-state index contributed by atoms with van der Waals surface area (Å²) in [7, 11) is 0. The second kappa shape index (κ2) is 8.60. The lowest BCUT2D eigenvalue weighted by Crippen LogP contribution is -2.54. The smallest absolute Gasteiger partial charge is 0.262 e. The van der Waals surface area contributed by atoms with Crippen molar-refractivity contribution in [3.05, 3.63) is 59.2 Å². The van der Waals surface area contributed by atoms with Crippen LogP contribution < -0.4 is 16.0 Å². The third-order valence-corrected chi connectivity index (χ3v) is 6.98. The van der Waals surface area contributed by atoms with Gasteiger partial charge in [0.1, 0.15) is 11.9 Å². The molecule has 3 N–H and O–H groups in total. The molecule has 5 rings (SSSR count). The average molecular weight is 465 g/mol. The van der Waals surface area contributed by atoms with E-state index in [-0.39, 0.29) is 29.8 Å². The average Bonchev–Trinajstić information content (AvgIpc) is 3.08. The minimum Gasteiger partial charge on any atom is -0.384 e. The minimum atomic E-state index is -1.01. The zero-order valence-electron chi connectivity index (χ0n) is 18.4. The number of amides is 4. The molecule has 1 aromatic heterocycles. The molecule has 3 aliphatic heterocycles. The lowest BCUT2D eigenvalue weighted by atomic mass is 9.73. The van der Waals surface area contributed by atoms with Crippen LogP contribution in [0.3, 0.4) is 0 Å². The molecule has 0 radical (unpaired) electrons. The van der Waals surface area contributed by atoms with E-state index in [1.807, 2.05) is 0 Å². The van der Waals surface area contributed by atoms with Crippen molar-refractivity contribution in [2.45, 2.75) is 37.1 Å². The molecule has 9 nitrogen and oxygen atoms in total. The Bertz CT molecular complexity index is 1190. The normalized spacial score (nSPS) is 21.9. The molecule has 0 saturated carbocycles. The van der Waals surface area contributed by atoms with Crippen LogP contribution in [0.5, 0.6) is 0 Å². The number of anilines is 1. The number of halogens is 1. The van der Waals surface area contributed by atoms with Gasteiger partial charge in [-0.05, 0) is 62.2 Å². The van der Waals surface area contributed by atoms with Crippen molar-refractivity contribution in [2.75, 3.05) is 25.0 Å². The fourth-order valence-corrected chi connectivity index (χ4v) is 5.10. The Morgan fingerprint density at radius 2 is 1.85 bits per heavy atom. The molecule has 34 heavy (non-hydrogen) atoms. The van der Waals surface area contributed by atoms with Gasteiger partial charge in [-0.25, -0.2) is 4.39 Å². The molecule has 1 unspecified atom stereocenters. The largest absolute Gasteiger partial charge is 0.384 e. The summed E-state index contributed by atoms with van der Waals surface area (Å²) in [5.74, 6) is -2.51. The van der Waals surface area contributed by atoms with Gasteiger partial charge in [-0.3, -0.25) is 34.4 Å². The molecule has 2 aromatic rings. The molecular formula is C24H24FN5O4.